The summed E-state index contributed by atoms with van der Waals surface area (Å²) in [5.41, 5.74) is 0. The van der Waals surface area contributed by atoms with Gasteiger partial charge in [0.15, 0.2) is 0 Å². The summed E-state index contributed by atoms with van der Waals surface area (Å²) < 4.78 is 33.9. The second-order valence-electron chi connectivity index (χ2n) is 6.42. The number of hydrogen-bond donors (Lipinski definition) is 0. The minimum atomic E-state index is -3.50. The number of ether oxygens (including phenoxy) is 1. The summed E-state index contributed by atoms with van der Waals surface area (Å²) in [4.78, 5) is 0.385. The van der Waals surface area contributed by atoms with Crippen molar-refractivity contribution in [3.05, 3.63) is 36.4 Å². The number of benzene rings is 2. The van der Waals surface area contributed by atoms with Gasteiger partial charge in [-0.05, 0) is 38.3 Å². The highest BCUT2D eigenvalue weighted by atomic mass is 32.2. The van der Waals surface area contributed by atoms with E-state index in [9.17, 15) is 8.42 Å². The van der Waals surface area contributed by atoms with Crippen LogP contribution in [0.3, 0.4) is 0 Å². The van der Waals surface area contributed by atoms with Gasteiger partial charge in [-0.1, -0.05) is 37.6 Å². The standard InChI is InChI=1S/C19H25NO3S/c1-3-14-23-18-11-12-19(17-10-5-4-9-16(17)18)24(21,22)20-13-7-6-8-15(20)2/h4-5,9-12,15H,3,6-8,13-14H2,1-2H3/t15-/m1/s1. The van der Waals surface area contributed by atoms with Crippen LogP contribution in [0.1, 0.15) is 39.5 Å². The van der Waals surface area contributed by atoms with Crippen LogP contribution in [0.5, 0.6) is 5.75 Å². The lowest BCUT2D eigenvalue weighted by atomic mass is 10.1. The van der Waals surface area contributed by atoms with Crippen molar-refractivity contribution in [2.75, 3.05) is 13.2 Å². The molecule has 5 heteroatoms. The van der Waals surface area contributed by atoms with Crippen LogP contribution in [0.25, 0.3) is 10.8 Å². The fourth-order valence-corrected chi connectivity index (χ4v) is 5.26. The Morgan fingerprint density at radius 1 is 1.12 bits per heavy atom. The Hall–Kier alpha value is -1.59. The summed E-state index contributed by atoms with van der Waals surface area (Å²) in [6.07, 6.45) is 3.87. The lowest BCUT2D eigenvalue weighted by Gasteiger charge is -2.32. The first-order valence-electron chi connectivity index (χ1n) is 8.72. The summed E-state index contributed by atoms with van der Waals surface area (Å²) in [6, 6.07) is 11.1. The van der Waals surface area contributed by atoms with E-state index in [1.54, 1.807) is 16.4 Å². The van der Waals surface area contributed by atoms with Crippen molar-refractivity contribution >= 4 is 20.8 Å². The predicted molar refractivity (Wildman–Crippen MR) is 96.9 cm³/mol. The molecule has 0 aromatic heterocycles. The van der Waals surface area contributed by atoms with Crippen LogP contribution >= 0.6 is 0 Å². The molecular weight excluding hydrogens is 322 g/mol. The third-order valence-electron chi connectivity index (χ3n) is 4.63. The van der Waals surface area contributed by atoms with E-state index < -0.39 is 10.0 Å². The van der Waals surface area contributed by atoms with E-state index in [2.05, 4.69) is 6.92 Å². The summed E-state index contributed by atoms with van der Waals surface area (Å²) in [7, 11) is -3.50. The lowest BCUT2D eigenvalue weighted by Crippen LogP contribution is -2.41. The molecule has 0 aliphatic carbocycles. The van der Waals surface area contributed by atoms with Crippen LogP contribution in [0, 0.1) is 0 Å². The Balaban J connectivity index is 2.09. The number of nitrogens with zero attached hydrogens (tertiary/aromatic N) is 1. The molecule has 0 saturated carbocycles. The van der Waals surface area contributed by atoms with Gasteiger partial charge in [0.2, 0.25) is 10.0 Å². The maximum Gasteiger partial charge on any atom is 0.243 e. The normalized spacial score (nSPS) is 19.5. The Morgan fingerprint density at radius 2 is 1.88 bits per heavy atom. The van der Waals surface area contributed by atoms with Crippen LogP contribution in [0.4, 0.5) is 0 Å². The molecule has 24 heavy (non-hydrogen) atoms. The Labute approximate surface area is 144 Å². The number of piperidine rings is 1. The van der Waals surface area contributed by atoms with Crippen LogP contribution < -0.4 is 4.74 Å². The number of sulfonamides is 1. The molecule has 0 radical (unpaired) electrons. The fourth-order valence-electron chi connectivity index (χ4n) is 3.36. The van der Waals surface area contributed by atoms with Gasteiger partial charge in [0.05, 0.1) is 11.5 Å². The molecule has 1 atom stereocenters. The maximum absolute atomic E-state index is 13.2. The van der Waals surface area contributed by atoms with Crippen LogP contribution in [-0.2, 0) is 10.0 Å². The summed E-state index contributed by atoms with van der Waals surface area (Å²) in [5.74, 6) is 0.748. The first-order valence-corrected chi connectivity index (χ1v) is 10.2. The fraction of sp³-hybridized carbons (Fsp3) is 0.474. The second-order valence-corrected chi connectivity index (χ2v) is 8.28. The summed E-state index contributed by atoms with van der Waals surface area (Å²) >= 11 is 0. The van der Waals surface area contributed by atoms with Crippen molar-refractivity contribution in [3.63, 3.8) is 0 Å². The largest absolute Gasteiger partial charge is 0.493 e. The van der Waals surface area contributed by atoms with Gasteiger partial charge >= 0.3 is 0 Å². The van der Waals surface area contributed by atoms with Gasteiger partial charge in [-0.25, -0.2) is 8.42 Å². The number of fused-ring (bicyclic) bond motifs is 1. The van der Waals surface area contributed by atoms with Gasteiger partial charge in [-0.15, -0.1) is 0 Å². The minimum Gasteiger partial charge on any atom is -0.493 e. The van der Waals surface area contributed by atoms with Gasteiger partial charge in [0, 0.05) is 23.4 Å². The number of hydrogen-bond acceptors (Lipinski definition) is 3. The van der Waals surface area contributed by atoms with E-state index in [1.807, 2.05) is 31.2 Å². The maximum atomic E-state index is 13.2. The van der Waals surface area contributed by atoms with Crippen molar-refractivity contribution in [3.8, 4) is 5.75 Å². The molecular formula is C19H25NO3S. The molecule has 0 bridgehead atoms. The molecule has 2 aromatic carbocycles. The lowest BCUT2D eigenvalue weighted by molar-refractivity contribution is 0.269. The van der Waals surface area contributed by atoms with E-state index in [-0.39, 0.29) is 6.04 Å². The molecule has 1 saturated heterocycles. The molecule has 2 aromatic rings. The van der Waals surface area contributed by atoms with Crippen molar-refractivity contribution in [2.24, 2.45) is 0 Å². The highest BCUT2D eigenvalue weighted by molar-refractivity contribution is 7.89. The predicted octanol–water partition coefficient (Wildman–Crippen LogP) is 4.19. The average Bonchev–Trinajstić information content (AvgIpc) is 2.59. The van der Waals surface area contributed by atoms with Crippen LogP contribution in [0.2, 0.25) is 0 Å². The highest BCUT2D eigenvalue weighted by Crippen LogP contribution is 2.34. The van der Waals surface area contributed by atoms with E-state index in [1.165, 1.54) is 0 Å². The van der Waals surface area contributed by atoms with E-state index in [0.29, 0.717) is 18.0 Å². The smallest absolute Gasteiger partial charge is 0.243 e. The molecule has 0 spiro atoms. The molecule has 1 aliphatic rings. The zero-order chi connectivity index (χ0) is 17.2. The minimum absolute atomic E-state index is 0.0542. The van der Waals surface area contributed by atoms with Crippen molar-refractivity contribution in [2.45, 2.75) is 50.5 Å². The molecule has 1 fully saturated rings. The van der Waals surface area contributed by atoms with E-state index in [4.69, 9.17) is 4.74 Å². The van der Waals surface area contributed by atoms with E-state index in [0.717, 1.165) is 42.2 Å². The van der Waals surface area contributed by atoms with Gasteiger partial charge in [0.25, 0.3) is 0 Å². The van der Waals surface area contributed by atoms with Crippen molar-refractivity contribution < 1.29 is 13.2 Å². The monoisotopic (exact) mass is 347 g/mol. The molecule has 4 nitrogen and oxygen atoms in total. The molecule has 3 rings (SSSR count). The molecule has 0 N–H and O–H groups in total. The second kappa shape index (κ2) is 7.11. The first kappa shape index (κ1) is 17.2. The van der Waals surface area contributed by atoms with Crippen LogP contribution in [-0.4, -0.2) is 31.9 Å². The van der Waals surface area contributed by atoms with Gasteiger partial charge < -0.3 is 4.74 Å². The Kier molecular flexibility index (Phi) is 5.11. The number of rotatable bonds is 5. The quantitative estimate of drug-likeness (QED) is 0.815. The third kappa shape index (κ3) is 3.15. The Bertz CT molecular complexity index is 816. The van der Waals surface area contributed by atoms with Crippen molar-refractivity contribution in [1.29, 1.82) is 0 Å². The molecule has 130 valence electrons. The first-order chi connectivity index (χ1) is 11.6. The molecule has 0 amide bonds. The van der Waals surface area contributed by atoms with Crippen LogP contribution in [0.15, 0.2) is 41.3 Å². The molecule has 0 unspecified atom stereocenters. The van der Waals surface area contributed by atoms with Crippen molar-refractivity contribution in [1.82, 2.24) is 4.31 Å². The average molecular weight is 347 g/mol. The Morgan fingerprint density at radius 3 is 2.58 bits per heavy atom. The highest BCUT2D eigenvalue weighted by Gasteiger charge is 2.32. The molecule has 1 heterocycles. The van der Waals surface area contributed by atoms with Gasteiger partial charge in [-0.2, -0.15) is 4.31 Å². The van der Waals surface area contributed by atoms with Gasteiger partial charge in [-0.3, -0.25) is 0 Å². The summed E-state index contributed by atoms with van der Waals surface area (Å²) in [5, 5.41) is 1.60. The topological polar surface area (TPSA) is 46.6 Å². The van der Waals surface area contributed by atoms with E-state index >= 15 is 0 Å². The third-order valence-corrected chi connectivity index (χ3v) is 6.71. The zero-order valence-corrected chi connectivity index (χ0v) is 15.2. The summed E-state index contributed by atoms with van der Waals surface area (Å²) in [6.45, 7) is 5.28. The SMILES string of the molecule is CCCOc1ccc(S(=O)(=O)N2CCCC[C@H]2C)c2ccccc12. The molecule has 1 aliphatic heterocycles. The zero-order valence-electron chi connectivity index (χ0n) is 14.4. The van der Waals surface area contributed by atoms with Gasteiger partial charge in [0.1, 0.15) is 5.75 Å².